The van der Waals surface area contributed by atoms with Crippen molar-refractivity contribution >= 4 is 5.91 Å². The molecule has 1 aliphatic carbocycles. The number of nitrogens with two attached hydrogens (primary N) is 1. The highest BCUT2D eigenvalue weighted by Gasteiger charge is 2.41. The molecular weight excluding hydrogens is 248 g/mol. The Morgan fingerprint density at radius 1 is 1.15 bits per heavy atom. The number of fused-ring (bicyclic) bond motifs is 1. The Bertz CT molecular complexity index is 492. The largest absolute Gasteiger partial charge is 0.338 e. The highest BCUT2D eigenvalue weighted by atomic mass is 16.2. The summed E-state index contributed by atoms with van der Waals surface area (Å²) in [4.78, 5) is 15.0. The molecule has 1 fully saturated rings. The molecule has 1 aliphatic heterocycles. The predicted octanol–water partition coefficient (Wildman–Crippen LogP) is 2.48. The summed E-state index contributed by atoms with van der Waals surface area (Å²) in [7, 11) is 0. The molecule has 1 aromatic carbocycles. The summed E-state index contributed by atoms with van der Waals surface area (Å²) in [6, 6.07) is 8.46. The zero-order valence-electron chi connectivity index (χ0n) is 12.1. The number of nitrogens with zero attached hydrogens (tertiary/aromatic N) is 1. The minimum Gasteiger partial charge on any atom is -0.338 e. The molecule has 20 heavy (non-hydrogen) atoms. The van der Waals surface area contributed by atoms with Crippen molar-refractivity contribution in [2.45, 2.75) is 45.1 Å². The van der Waals surface area contributed by atoms with Crippen molar-refractivity contribution in [3.05, 3.63) is 35.4 Å². The Morgan fingerprint density at radius 2 is 1.85 bits per heavy atom. The molecule has 3 nitrogen and oxygen atoms in total. The fourth-order valence-electron chi connectivity index (χ4n) is 3.74. The summed E-state index contributed by atoms with van der Waals surface area (Å²) < 4.78 is 0. The monoisotopic (exact) mass is 272 g/mol. The molecule has 0 atom stereocenters. The zero-order valence-corrected chi connectivity index (χ0v) is 12.1. The van der Waals surface area contributed by atoms with Crippen molar-refractivity contribution in [2.75, 3.05) is 13.1 Å². The third kappa shape index (κ3) is 2.35. The van der Waals surface area contributed by atoms with Gasteiger partial charge in [-0.25, -0.2) is 0 Å². The summed E-state index contributed by atoms with van der Waals surface area (Å²) in [6.45, 7) is 2.11. The molecule has 0 unspecified atom stereocenters. The van der Waals surface area contributed by atoms with E-state index in [4.69, 9.17) is 5.73 Å². The van der Waals surface area contributed by atoms with Crippen molar-refractivity contribution in [1.29, 1.82) is 0 Å². The first-order valence-electron chi connectivity index (χ1n) is 7.81. The second-order valence-electron chi connectivity index (χ2n) is 6.29. The Kier molecular flexibility index (Phi) is 3.79. The number of hydrogen-bond acceptors (Lipinski definition) is 2. The standard InChI is InChI=1S/C17H24N2O/c18-13-17(9-4-1-5-10-17)16(20)19-11-8-14-6-2-3-7-15(14)12-19/h2-3,6-7H,1,4-5,8-13,18H2. The zero-order chi connectivity index (χ0) is 14.0. The molecule has 0 radical (unpaired) electrons. The number of carbonyl (C=O) groups is 1. The van der Waals surface area contributed by atoms with Crippen LogP contribution in [0.3, 0.4) is 0 Å². The minimum absolute atomic E-state index is 0.273. The Hall–Kier alpha value is -1.35. The molecule has 2 N–H and O–H groups in total. The summed E-state index contributed by atoms with van der Waals surface area (Å²) >= 11 is 0. The molecule has 108 valence electrons. The van der Waals surface area contributed by atoms with Gasteiger partial charge in [-0.1, -0.05) is 43.5 Å². The van der Waals surface area contributed by atoms with Crippen molar-refractivity contribution in [2.24, 2.45) is 11.1 Å². The third-order valence-electron chi connectivity index (χ3n) is 5.07. The van der Waals surface area contributed by atoms with Gasteiger partial charge in [-0.15, -0.1) is 0 Å². The number of benzene rings is 1. The van der Waals surface area contributed by atoms with Crippen molar-refractivity contribution in [1.82, 2.24) is 4.90 Å². The van der Waals surface area contributed by atoms with Crippen LogP contribution in [0.25, 0.3) is 0 Å². The van der Waals surface area contributed by atoms with Gasteiger partial charge in [0.1, 0.15) is 0 Å². The van der Waals surface area contributed by atoms with E-state index in [-0.39, 0.29) is 5.41 Å². The Balaban J connectivity index is 1.78. The van der Waals surface area contributed by atoms with E-state index >= 15 is 0 Å². The topological polar surface area (TPSA) is 46.3 Å². The van der Waals surface area contributed by atoms with Crippen molar-refractivity contribution < 1.29 is 4.79 Å². The molecule has 3 heteroatoms. The third-order valence-corrected chi connectivity index (χ3v) is 5.07. The lowest BCUT2D eigenvalue weighted by atomic mass is 9.72. The normalized spacial score (nSPS) is 21.4. The van der Waals surface area contributed by atoms with Gasteiger partial charge in [0.2, 0.25) is 5.91 Å². The molecule has 2 aliphatic rings. The summed E-state index contributed by atoms with van der Waals surface area (Å²) in [5, 5.41) is 0. The van der Waals surface area contributed by atoms with Crippen LogP contribution in [0, 0.1) is 5.41 Å². The molecule has 0 aromatic heterocycles. The molecule has 1 saturated carbocycles. The smallest absolute Gasteiger partial charge is 0.230 e. The first-order valence-corrected chi connectivity index (χ1v) is 7.81. The van der Waals surface area contributed by atoms with Gasteiger partial charge in [0.05, 0.1) is 5.41 Å². The van der Waals surface area contributed by atoms with Crippen LogP contribution in [0.4, 0.5) is 0 Å². The van der Waals surface area contributed by atoms with Crippen LogP contribution in [0.1, 0.15) is 43.2 Å². The van der Waals surface area contributed by atoms with Gasteiger partial charge in [0.25, 0.3) is 0 Å². The molecule has 1 aromatic rings. The van der Waals surface area contributed by atoms with E-state index in [1.165, 1.54) is 17.5 Å². The van der Waals surface area contributed by atoms with E-state index in [2.05, 4.69) is 24.3 Å². The van der Waals surface area contributed by atoms with E-state index < -0.39 is 0 Å². The number of hydrogen-bond donors (Lipinski definition) is 1. The minimum atomic E-state index is -0.273. The average molecular weight is 272 g/mol. The molecule has 1 heterocycles. The maximum Gasteiger partial charge on any atom is 0.230 e. The van der Waals surface area contributed by atoms with Gasteiger partial charge in [0.15, 0.2) is 0 Å². The van der Waals surface area contributed by atoms with Crippen LogP contribution in [0.2, 0.25) is 0 Å². The van der Waals surface area contributed by atoms with Gasteiger partial charge in [-0.05, 0) is 30.4 Å². The lowest BCUT2D eigenvalue weighted by molar-refractivity contribution is -0.144. The second-order valence-corrected chi connectivity index (χ2v) is 6.29. The highest BCUT2D eigenvalue weighted by Crippen LogP contribution is 2.38. The van der Waals surface area contributed by atoms with Gasteiger partial charge in [-0.2, -0.15) is 0 Å². The molecule has 1 amide bonds. The van der Waals surface area contributed by atoms with Gasteiger partial charge >= 0.3 is 0 Å². The fourth-order valence-corrected chi connectivity index (χ4v) is 3.74. The van der Waals surface area contributed by atoms with Crippen LogP contribution in [-0.2, 0) is 17.8 Å². The van der Waals surface area contributed by atoms with E-state index in [1.807, 2.05) is 4.90 Å². The van der Waals surface area contributed by atoms with Crippen LogP contribution in [0.5, 0.6) is 0 Å². The van der Waals surface area contributed by atoms with Crippen LogP contribution < -0.4 is 5.73 Å². The van der Waals surface area contributed by atoms with Gasteiger partial charge in [0, 0.05) is 19.6 Å². The Labute approximate surface area is 121 Å². The average Bonchev–Trinajstić information content (AvgIpc) is 2.54. The van der Waals surface area contributed by atoms with E-state index in [0.717, 1.165) is 45.2 Å². The van der Waals surface area contributed by atoms with Crippen LogP contribution >= 0.6 is 0 Å². The fraction of sp³-hybridized carbons (Fsp3) is 0.588. The predicted molar refractivity (Wildman–Crippen MR) is 80.1 cm³/mol. The van der Waals surface area contributed by atoms with Crippen LogP contribution in [-0.4, -0.2) is 23.9 Å². The van der Waals surface area contributed by atoms with Crippen molar-refractivity contribution in [3.63, 3.8) is 0 Å². The van der Waals surface area contributed by atoms with Crippen LogP contribution in [0.15, 0.2) is 24.3 Å². The maximum absolute atomic E-state index is 13.0. The first kappa shape index (κ1) is 13.6. The number of rotatable bonds is 2. The van der Waals surface area contributed by atoms with E-state index in [1.54, 1.807) is 0 Å². The lowest BCUT2D eigenvalue weighted by Crippen LogP contribution is -2.50. The highest BCUT2D eigenvalue weighted by molar-refractivity contribution is 5.83. The number of carbonyl (C=O) groups excluding carboxylic acids is 1. The van der Waals surface area contributed by atoms with Gasteiger partial charge in [-0.3, -0.25) is 4.79 Å². The molecule has 0 saturated heterocycles. The summed E-state index contributed by atoms with van der Waals surface area (Å²) in [5.41, 5.74) is 8.41. The molecule has 0 bridgehead atoms. The summed E-state index contributed by atoms with van der Waals surface area (Å²) in [6.07, 6.45) is 6.46. The van der Waals surface area contributed by atoms with E-state index in [0.29, 0.717) is 12.5 Å². The Morgan fingerprint density at radius 3 is 2.55 bits per heavy atom. The SMILES string of the molecule is NCC1(C(=O)N2CCc3ccccc3C2)CCCCC1. The summed E-state index contributed by atoms with van der Waals surface area (Å²) in [5.74, 6) is 0.300. The second kappa shape index (κ2) is 5.57. The maximum atomic E-state index is 13.0. The molecule has 0 spiro atoms. The number of amides is 1. The molecular formula is C17H24N2O. The quantitative estimate of drug-likeness (QED) is 0.899. The van der Waals surface area contributed by atoms with E-state index in [9.17, 15) is 4.79 Å². The van der Waals surface area contributed by atoms with Gasteiger partial charge < -0.3 is 10.6 Å². The molecule has 3 rings (SSSR count). The lowest BCUT2D eigenvalue weighted by Gasteiger charge is -2.40. The van der Waals surface area contributed by atoms with Crippen molar-refractivity contribution in [3.8, 4) is 0 Å². The first-order chi connectivity index (χ1) is 9.75.